The molecular weight excluding hydrogens is 442 g/mol. The fourth-order valence-corrected chi connectivity index (χ4v) is 3.66. The van der Waals surface area contributed by atoms with Crippen molar-refractivity contribution >= 4 is 11.6 Å². The van der Waals surface area contributed by atoms with Gasteiger partial charge in [-0.2, -0.15) is 5.10 Å². The van der Waals surface area contributed by atoms with Crippen LogP contribution in [0.3, 0.4) is 0 Å². The lowest BCUT2D eigenvalue weighted by molar-refractivity contribution is 0.102. The van der Waals surface area contributed by atoms with Crippen LogP contribution in [0.2, 0.25) is 0 Å². The first kappa shape index (κ1) is 23.9. The number of rotatable bonds is 5. The van der Waals surface area contributed by atoms with Crippen molar-refractivity contribution in [3.05, 3.63) is 93.3 Å². The van der Waals surface area contributed by atoms with Gasteiger partial charge in [-0.3, -0.25) is 14.6 Å². The highest BCUT2D eigenvalue weighted by atomic mass is 16.2. The SMILES string of the molecule is Cc1ccc(-c2cc(Cc3ccncn3)c(=O)[nH]n2)c(C)c1NC(=O)c1cnc(C(C)(C)C)cn1. The van der Waals surface area contributed by atoms with Gasteiger partial charge in [0.2, 0.25) is 0 Å². The average molecular weight is 470 g/mol. The van der Waals surface area contributed by atoms with Gasteiger partial charge in [-0.1, -0.05) is 32.9 Å². The highest BCUT2D eigenvalue weighted by molar-refractivity contribution is 6.04. The minimum absolute atomic E-state index is 0.153. The average Bonchev–Trinajstić information content (AvgIpc) is 2.83. The van der Waals surface area contributed by atoms with Crippen LogP contribution in [0, 0.1) is 13.8 Å². The zero-order valence-electron chi connectivity index (χ0n) is 20.4. The molecule has 1 amide bonds. The van der Waals surface area contributed by atoms with Gasteiger partial charge >= 0.3 is 0 Å². The van der Waals surface area contributed by atoms with E-state index in [0.717, 1.165) is 28.1 Å². The van der Waals surface area contributed by atoms with Crippen molar-refractivity contribution in [2.24, 2.45) is 0 Å². The van der Waals surface area contributed by atoms with E-state index in [1.165, 1.54) is 12.5 Å². The first-order valence-electron chi connectivity index (χ1n) is 11.2. The maximum absolute atomic E-state index is 12.9. The van der Waals surface area contributed by atoms with Crippen molar-refractivity contribution in [1.82, 2.24) is 30.1 Å². The van der Waals surface area contributed by atoms with Gasteiger partial charge in [-0.05, 0) is 37.1 Å². The van der Waals surface area contributed by atoms with Crippen molar-refractivity contribution in [1.29, 1.82) is 0 Å². The molecule has 0 unspecified atom stereocenters. The minimum Gasteiger partial charge on any atom is -0.320 e. The molecule has 0 atom stereocenters. The number of anilines is 1. The molecule has 3 heterocycles. The highest BCUT2D eigenvalue weighted by Crippen LogP contribution is 2.30. The number of benzene rings is 1. The van der Waals surface area contributed by atoms with Gasteiger partial charge in [0.05, 0.1) is 17.6 Å². The van der Waals surface area contributed by atoms with Gasteiger partial charge in [0.25, 0.3) is 11.5 Å². The second-order valence-electron chi connectivity index (χ2n) is 9.41. The maximum Gasteiger partial charge on any atom is 0.275 e. The molecule has 0 bridgehead atoms. The number of aromatic amines is 1. The van der Waals surface area contributed by atoms with Crippen molar-refractivity contribution in [3.8, 4) is 11.3 Å². The Labute approximate surface area is 203 Å². The number of carbonyl (C=O) groups is 1. The van der Waals surface area contributed by atoms with Gasteiger partial charge in [-0.25, -0.2) is 20.1 Å². The van der Waals surface area contributed by atoms with Crippen molar-refractivity contribution in [2.75, 3.05) is 5.32 Å². The van der Waals surface area contributed by atoms with Gasteiger partial charge in [0.1, 0.15) is 12.0 Å². The zero-order valence-corrected chi connectivity index (χ0v) is 20.4. The molecule has 0 radical (unpaired) electrons. The van der Waals surface area contributed by atoms with Crippen molar-refractivity contribution < 1.29 is 4.79 Å². The molecule has 4 aromatic rings. The standard InChI is InChI=1S/C26H27N7O2/c1-15-6-7-19(20-11-17(24(34)33-32-20)10-18-8-9-27-14-30-18)16(2)23(15)31-25(35)21-12-29-22(13-28-21)26(3,4)5/h6-9,11-14H,10H2,1-5H3,(H,31,35)(H,33,34). The van der Waals surface area contributed by atoms with E-state index in [1.807, 2.05) is 46.8 Å². The van der Waals surface area contributed by atoms with Crippen LogP contribution in [0.5, 0.6) is 0 Å². The first-order chi connectivity index (χ1) is 16.6. The lowest BCUT2D eigenvalue weighted by Crippen LogP contribution is -2.19. The number of hydrogen-bond donors (Lipinski definition) is 2. The molecule has 4 rings (SSSR count). The molecule has 0 saturated carbocycles. The Bertz CT molecular complexity index is 1420. The maximum atomic E-state index is 12.9. The third-order valence-electron chi connectivity index (χ3n) is 5.74. The smallest absolute Gasteiger partial charge is 0.275 e. The van der Waals surface area contributed by atoms with Crippen LogP contribution in [0.15, 0.2) is 54.0 Å². The lowest BCUT2D eigenvalue weighted by atomic mass is 9.93. The third kappa shape index (κ3) is 5.29. The monoisotopic (exact) mass is 469 g/mol. The number of amides is 1. The molecule has 9 nitrogen and oxygen atoms in total. The van der Waals surface area contributed by atoms with Crippen molar-refractivity contribution in [3.63, 3.8) is 0 Å². The first-order valence-corrected chi connectivity index (χ1v) is 11.2. The van der Waals surface area contributed by atoms with E-state index in [1.54, 1.807) is 24.5 Å². The molecule has 0 aliphatic rings. The molecule has 1 aromatic carbocycles. The quantitative estimate of drug-likeness (QED) is 0.455. The van der Waals surface area contributed by atoms with E-state index in [-0.39, 0.29) is 22.6 Å². The highest BCUT2D eigenvalue weighted by Gasteiger charge is 2.19. The van der Waals surface area contributed by atoms with Gasteiger partial charge in [-0.15, -0.1) is 0 Å². The fraction of sp³-hybridized carbons (Fsp3) is 0.269. The van der Waals surface area contributed by atoms with Crippen LogP contribution < -0.4 is 10.9 Å². The number of hydrogen-bond acceptors (Lipinski definition) is 7. The predicted molar refractivity (Wildman–Crippen MR) is 133 cm³/mol. The molecule has 0 saturated heterocycles. The van der Waals surface area contributed by atoms with E-state index >= 15 is 0 Å². The Morgan fingerprint density at radius 1 is 1.06 bits per heavy atom. The summed E-state index contributed by atoms with van der Waals surface area (Å²) >= 11 is 0. The largest absolute Gasteiger partial charge is 0.320 e. The summed E-state index contributed by atoms with van der Waals surface area (Å²) in [5, 5.41) is 9.80. The number of H-pyrrole nitrogens is 1. The molecule has 2 N–H and O–H groups in total. The molecule has 0 spiro atoms. The predicted octanol–water partition coefficient (Wildman–Crippen LogP) is 3.77. The van der Waals surface area contributed by atoms with Gasteiger partial charge in [0.15, 0.2) is 0 Å². The van der Waals surface area contributed by atoms with Crippen LogP contribution in [0.4, 0.5) is 5.69 Å². The normalized spacial score (nSPS) is 11.3. The van der Waals surface area contributed by atoms with E-state index in [4.69, 9.17) is 0 Å². The minimum atomic E-state index is -0.347. The van der Waals surface area contributed by atoms with Gasteiger partial charge in [0, 0.05) is 46.7 Å². The second-order valence-corrected chi connectivity index (χ2v) is 9.41. The van der Waals surface area contributed by atoms with Crippen LogP contribution >= 0.6 is 0 Å². The van der Waals surface area contributed by atoms with E-state index < -0.39 is 0 Å². The van der Waals surface area contributed by atoms with Crippen LogP contribution in [-0.4, -0.2) is 36.0 Å². The number of aryl methyl sites for hydroxylation is 1. The molecule has 0 aliphatic heterocycles. The number of carbonyl (C=O) groups excluding carboxylic acids is 1. The van der Waals surface area contributed by atoms with E-state index in [9.17, 15) is 9.59 Å². The molecule has 0 fully saturated rings. The molecular formula is C26H27N7O2. The number of aromatic nitrogens is 6. The fourth-order valence-electron chi connectivity index (χ4n) is 3.66. The molecule has 35 heavy (non-hydrogen) atoms. The summed E-state index contributed by atoms with van der Waals surface area (Å²) in [6, 6.07) is 7.35. The van der Waals surface area contributed by atoms with E-state index in [2.05, 4.69) is 35.5 Å². The lowest BCUT2D eigenvalue weighted by Gasteiger charge is -2.17. The Morgan fingerprint density at radius 2 is 1.86 bits per heavy atom. The molecule has 0 aliphatic carbocycles. The summed E-state index contributed by atoms with van der Waals surface area (Å²) in [5.41, 5.74) is 5.65. The van der Waals surface area contributed by atoms with Gasteiger partial charge < -0.3 is 5.32 Å². The summed E-state index contributed by atoms with van der Waals surface area (Å²) in [4.78, 5) is 42.1. The summed E-state index contributed by atoms with van der Waals surface area (Å²) in [6.07, 6.45) is 6.57. The molecule has 3 aromatic heterocycles. The summed E-state index contributed by atoms with van der Waals surface area (Å²) in [7, 11) is 0. The number of nitrogens with one attached hydrogen (secondary N) is 2. The Kier molecular flexibility index (Phi) is 6.50. The third-order valence-corrected chi connectivity index (χ3v) is 5.74. The Morgan fingerprint density at radius 3 is 2.51 bits per heavy atom. The zero-order chi connectivity index (χ0) is 25.2. The molecule has 178 valence electrons. The topological polar surface area (TPSA) is 126 Å². The Balaban J connectivity index is 1.64. The van der Waals surface area contributed by atoms with Crippen molar-refractivity contribution in [2.45, 2.75) is 46.5 Å². The van der Waals surface area contributed by atoms with Crippen LogP contribution in [0.25, 0.3) is 11.3 Å². The summed E-state index contributed by atoms with van der Waals surface area (Å²) in [6.45, 7) is 9.95. The summed E-state index contributed by atoms with van der Waals surface area (Å²) in [5.74, 6) is -0.347. The van der Waals surface area contributed by atoms with E-state index in [0.29, 0.717) is 23.4 Å². The Hall–Kier alpha value is -4.27. The van der Waals surface area contributed by atoms with Crippen LogP contribution in [0.1, 0.15) is 59.3 Å². The number of nitrogens with zero attached hydrogens (tertiary/aromatic N) is 5. The molecule has 9 heteroatoms. The van der Waals surface area contributed by atoms with Crippen LogP contribution in [-0.2, 0) is 11.8 Å². The second kappa shape index (κ2) is 9.54. The summed E-state index contributed by atoms with van der Waals surface area (Å²) < 4.78 is 0.